The topological polar surface area (TPSA) is 68.7 Å². The van der Waals surface area contributed by atoms with Gasteiger partial charge >= 0.3 is 12.1 Å². The zero-order valence-corrected chi connectivity index (χ0v) is 14.2. The number of nitrogens with zero attached hydrogens (tertiary/aromatic N) is 2. The Balaban J connectivity index is 2.93. The van der Waals surface area contributed by atoms with Crippen molar-refractivity contribution in [3.8, 4) is 0 Å². The summed E-state index contributed by atoms with van der Waals surface area (Å²) in [6, 6.07) is 0. The molecule has 0 atom stereocenters. The van der Waals surface area contributed by atoms with Crippen molar-refractivity contribution < 1.29 is 19.1 Å². The number of esters is 1. The average molecular weight is 326 g/mol. The number of ether oxygens (including phenoxy) is 2. The van der Waals surface area contributed by atoms with Crippen LogP contribution in [0.3, 0.4) is 0 Å². The van der Waals surface area contributed by atoms with Gasteiger partial charge in [-0.25, -0.2) is 14.6 Å². The molecule has 1 aromatic heterocycles. The van der Waals surface area contributed by atoms with Crippen molar-refractivity contribution in [3.63, 3.8) is 0 Å². The van der Waals surface area contributed by atoms with Crippen LogP contribution in [-0.2, 0) is 9.47 Å². The molecule has 0 fully saturated rings. The number of carbonyl (C=O) groups is 2. The molecule has 0 aliphatic heterocycles. The minimum Gasteiger partial charge on any atom is -0.464 e. The Morgan fingerprint density at radius 3 is 2.68 bits per heavy atom. The number of anilines is 1. The molecule has 0 N–H and O–H groups in total. The van der Waals surface area contributed by atoms with Crippen molar-refractivity contribution >= 4 is 28.5 Å². The predicted molar refractivity (Wildman–Crippen MR) is 86.5 cm³/mol. The van der Waals surface area contributed by atoms with Crippen molar-refractivity contribution in [3.05, 3.63) is 23.7 Å². The molecule has 122 valence electrons. The molecule has 0 saturated heterocycles. The van der Waals surface area contributed by atoms with E-state index in [0.717, 1.165) is 12.8 Å². The molecule has 1 heterocycles. The van der Waals surface area contributed by atoms with Gasteiger partial charge in [-0.05, 0) is 33.6 Å². The van der Waals surface area contributed by atoms with Gasteiger partial charge in [-0.15, -0.1) is 17.9 Å². The van der Waals surface area contributed by atoms with E-state index in [2.05, 4.69) is 16.3 Å². The number of aromatic nitrogens is 1. The van der Waals surface area contributed by atoms with Crippen LogP contribution in [0.1, 0.15) is 44.1 Å². The minimum atomic E-state index is -0.601. The SMILES string of the molecule is C=CCCCN(C(=O)OC(C)(C)C)c1nc(C(=O)OC)cs1. The van der Waals surface area contributed by atoms with Crippen molar-refractivity contribution in [2.75, 3.05) is 18.6 Å². The molecule has 0 saturated carbocycles. The normalized spacial score (nSPS) is 10.9. The van der Waals surface area contributed by atoms with Crippen molar-refractivity contribution in [1.29, 1.82) is 0 Å². The molecule has 7 heteroatoms. The summed E-state index contributed by atoms with van der Waals surface area (Å²) in [7, 11) is 1.29. The Morgan fingerprint density at radius 2 is 2.14 bits per heavy atom. The van der Waals surface area contributed by atoms with Crippen LogP contribution >= 0.6 is 11.3 Å². The van der Waals surface area contributed by atoms with Gasteiger partial charge in [0.1, 0.15) is 5.60 Å². The summed E-state index contributed by atoms with van der Waals surface area (Å²) in [6.07, 6.45) is 2.81. The highest BCUT2D eigenvalue weighted by Crippen LogP contribution is 2.24. The number of carbonyl (C=O) groups excluding carboxylic acids is 2. The van der Waals surface area contributed by atoms with E-state index in [0.29, 0.717) is 11.7 Å². The van der Waals surface area contributed by atoms with E-state index in [1.807, 2.05) is 0 Å². The summed E-state index contributed by atoms with van der Waals surface area (Å²) < 4.78 is 10.0. The summed E-state index contributed by atoms with van der Waals surface area (Å²) in [5, 5.41) is 1.98. The zero-order chi connectivity index (χ0) is 16.8. The zero-order valence-electron chi connectivity index (χ0n) is 13.4. The number of amides is 1. The Morgan fingerprint density at radius 1 is 1.45 bits per heavy atom. The highest BCUT2D eigenvalue weighted by Gasteiger charge is 2.26. The van der Waals surface area contributed by atoms with Crippen LogP contribution in [0.15, 0.2) is 18.0 Å². The molecule has 22 heavy (non-hydrogen) atoms. The van der Waals surface area contributed by atoms with E-state index in [4.69, 9.17) is 4.74 Å². The number of hydrogen-bond donors (Lipinski definition) is 0. The fraction of sp³-hybridized carbons (Fsp3) is 0.533. The maximum Gasteiger partial charge on any atom is 0.416 e. The minimum absolute atomic E-state index is 0.180. The summed E-state index contributed by atoms with van der Waals surface area (Å²) in [5.41, 5.74) is -0.421. The number of unbranched alkanes of at least 4 members (excludes halogenated alkanes) is 1. The smallest absolute Gasteiger partial charge is 0.416 e. The van der Waals surface area contributed by atoms with Gasteiger partial charge in [-0.3, -0.25) is 4.90 Å². The fourth-order valence-corrected chi connectivity index (χ4v) is 2.37. The second-order valence-corrected chi connectivity index (χ2v) is 6.41. The van der Waals surface area contributed by atoms with E-state index in [1.165, 1.54) is 23.3 Å². The molecule has 1 aromatic rings. The fourth-order valence-electron chi connectivity index (χ4n) is 1.56. The lowest BCUT2D eigenvalue weighted by molar-refractivity contribution is 0.0570. The first kappa shape index (κ1) is 18.2. The second-order valence-electron chi connectivity index (χ2n) is 5.57. The maximum absolute atomic E-state index is 12.3. The average Bonchev–Trinajstić information content (AvgIpc) is 2.90. The molecular formula is C15H22N2O4S. The first-order chi connectivity index (χ1) is 10.3. The molecular weight excluding hydrogens is 304 g/mol. The van der Waals surface area contributed by atoms with E-state index in [1.54, 1.807) is 32.2 Å². The number of methoxy groups -OCH3 is 1. The molecule has 1 rings (SSSR count). The summed E-state index contributed by atoms with van der Waals surface area (Å²) in [5.74, 6) is -0.530. The van der Waals surface area contributed by atoms with Gasteiger partial charge in [0.25, 0.3) is 0 Å². The third kappa shape index (κ3) is 5.48. The first-order valence-corrected chi connectivity index (χ1v) is 7.81. The van der Waals surface area contributed by atoms with Crippen molar-refractivity contribution in [2.24, 2.45) is 0 Å². The third-order valence-corrected chi connectivity index (χ3v) is 3.38. The molecule has 1 amide bonds. The van der Waals surface area contributed by atoms with Crippen LogP contribution in [-0.4, -0.2) is 36.3 Å². The highest BCUT2D eigenvalue weighted by atomic mass is 32.1. The van der Waals surface area contributed by atoms with Crippen LogP contribution in [0.5, 0.6) is 0 Å². The van der Waals surface area contributed by atoms with Crippen LogP contribution in [0, 0.1) is 0 Å². The largest absolute Gasteiger partial charge is 0.464 e. The number of hydrogen-bond acceptors (Lipinski definition) is 6. The lowest BCUT2D eigenvalue weighted by Gasteiger charge is -2.25. The van der Waals surface area contributed by atoms with Crippen LogP contribution in [0.4, 0.5) is 9.93 Å². The molecule has 0 aliphatic rings. The maximum atomic E-state index is 12.3. The van der Waals surface area contributed by atoms with Crippen LogP contribution in [0.2, 0.25) is 0 Å². The molecule has 0 aromatic carbocycles. The Kier molecular flexibility index (Phi) is 6.55. The van der Waals surface area contributed by atoms with E-state index >= 15 is 0 Å². The summed E-state index contributed by atoms with van der Waals surface area (Å²) in [6.45, 7) is 9.50. The Labute approximate surface area is 134 Å². The molecule has 0 spiro atoms. The lowest BCUT2D eigenvalue weighted by Crippen LogP contribution is -2.37. The number of thiazole rings is 1. The Hall–Kier alpha value is -1.89. The molecule has 0 radical (unpaired) electrons. The van der Waals surface area contributed by atoms with Gasteiger partial charge in [-0.2, -0.15) is 0 Å². The standard InChI is InChI=1S/C15H22N2O4S/c1-6-7-8-9-17(14(19)21-15(2,3)4)13-16-11(10-22-13)12(18)20-5/h6,10H,1,7-9H2,2-5H3. The molecule has 0 aliphatic carbocycles. The summed E-state index contributed by atoms with van der Waals surface area (Å²) >= 11 is 1.20. The van der Waals surface area contributed by atoms with Crippen LogP contribution < -0.4 is 4.90 Å². The molecule has 6 nitrogen and oxygen atoms in total. The number of rotatable bonds is 6. The second kappa shape index (κ2) is 7.93. The quantitative estimate of drug-likeness (QED) is 0.453. The van der Waals surface area contributed by atoms with Crippen LogP contribution in [0.25, 0.3) is 0 Å². The number of allylic oxidation sites excluding steroid dienone is 1. The van der Waals surface area contributed by atoms with Gasteiger partial charge in [0.15, 0.2) is 10.8 Å². The van der Waals surface area contributed by atoms with E-state index in [9.17, 15) is 9.59 Å². The predicted octanol–water partition coefficient (Wildman–Crippen LogP) is 3.64. The Bertz CT molecular complexity index is 534. The van der Waals surface area contributed by atoms with E-state index < -0.39 is 17.7 Å². The van der Waals surface area contributed by atoms with Crippen molar-refractivity contribution in [2.45, 2.75) is 39.2 Å². The monoisotopic (exact) mass is 326 g/mol. The van der Waals surface area contributed by atoms with Crippen molar-refractivity contribution in [1.82, 2.24) is 4.98 Å². The van der Waals surface area contributed by atoms with Gasteiger partial charge in [-0.1, -0.05) is 6.08 Å². The van der Waals surface area contributed by atoms with E-state index in [-0.39, 0.29) is 5.69 Å². The van der Waals surface area contributed by atoms with Gasteiger partial charge in [0, 0.05) is 11.9 Å². The molecule has 0 bridgehead atoms. The lowest BCUT2D eigenvalue weighted by atomic mass is 10.2. The molecule has 0 unspecified atom stereocenters. The van der Waals surface area contributed by atoms with Gasteiger partial charge in [0.2, 0.25) is 0 Å². The summed E-state index contributed by atoms with van der Waals surface area (Å²) in [4.78, 5) is 29.4. The highest BCUT2D eigenvalue weighted by molar-refractivity contribution is 7.14. The third-order valence-electron chi connectivity index (χ3n) is 2.52. The van der Waals surface area contributed by atoms with Gasteiger partial charge in [0.05, 0.1) is 7.11 Å². The van der Waals surface area contributed by atoms with Gasteiger partial charge < -0.3 is 9.47 Å². The first-order valence-electron chi connectivity index (χ1n) is 6.93.